The summed E-state index contributed by atoms with van der Waals surface area (Å²) in [6, 6.07) is 3.11. The lowest BCUT2D eigenvalue weighted by Crippen LogP contribution is -2.30. The summed E-state index contributed by atoms with van der Waals surface area (Å²) in [6.45, 7) is 3.48. The molecule has 1 aromatic carbocycles. The quantitative estimate of drug-likeness (QED) is 0.799. The fourth-order valence-electron chi connectivity index (χ4n) is 1.35. The van der Waals surface area contributed by atoms with E-state index in [1.54, 1.807) is 13.8 Å². The summed E-state index contributed by atoms with van der Waals surface area (Å²) in [4.78, 5) is -0.0430. The van der Waals surface area contributed by atoms with Gasteiger partial charge in [0, 0.05) is 11.6 Å². The van der Waals surface area contributed by atoms with Gasteiger partial charge in [0.05, 0.1) is 11.4 Å². The van der Waals surface area contributed by atoms with Crippen LogP contribution in [0.3, 0.4) is 0 Å². The fraction of sp³-hybridized carbons (Fsp3) is 0.333. The van der Waals surface area contributed by atoms with E-state index >= 15 is 0 Å². The Hall–Kier alpha value is -1.42. The van der Waals surface area contributed by atoms with Crippen LogP contribution in [0.5, 0.6) is 0 Å². The Morgan fingerprint density at radius 3 is 2.67 bits per heavy atom. The highest BCUT2D eigenvalue weighted by Crippen LogP contribution is 2.16. The smallest absolute Gasteiger partial charge is 0.242 e. The van der Waals surface area contributed by atoms with Crippen LogP contribution in [0.2, 0.25) is 0 Å². The molecule has 98 valence electrons. The summed E-state index contributed by atoms with van der Waals surface area (Å²) >= 11 is 0. The predicted octanol–water partition coefficient (Wildman–Crippen LogP) is 0.823. The Morgan fingerprint density at radius 1 is 1.44 bits per heavy atom. The Labute approximate surface area is 106 Å². The normalized spacial score (nSPS) is 11.2. The molecule has 0 saturated carbocycles. The first-order valence-electron chi connectivity index (χ1n) is 5.37. The van der Waals surface area contributed by atoms with Gasteiger partial charge in [0.25, 0.3) is 0 Å². The van der Waals surface area contributed by atoms with Crippen LogP contribution in [0, 0.1) is 17.7 Å². The van der Waals surface area contributed by atoms with Gasteiger partial charge in [-0.15, -0.1) is 0 Å². The van der Waals surface area contributed by atoms with Crippen LogP contribution in [0.15, 0.2) is 23.1 Å². The van der Waals surface area contributed by atoms with E-state index in [2.05, 4.69) is 16.6 Å². The van der Waals surface area contributed by atoms with E-state index in [-0.39, 0.29) is 23.0 Å². The number of sulfonamides is 1. The predicted molar refractivity (Wildman–Crippen MR) is 67.8 cm³/mol. The fourth-order valence-corrected chi connectivity index (χ4v) is 2.75. The van der Waals surface area contributed by atoms with E-state index < -0.39 is 15.8 Å². The maximum Gasteiger partial charge on any atom is 0.242 e. The zero-order chi connectivity index (χ0) is 13.8. The van der Waals surface area contributed by atoms with Crippen molar-refractivity contribution in [1.29, 1.82) is 0 Å². The second-order valence-electron chi connectivity index (χ2n) is 3.92. The van der Waals surface area contributed by atoms with Crippen LogP contribution in [-0.4, -0.2) is 21.0 Å². The molecule has 0 aromatic heterocycles. The first-order chi connectivity index (χ1) is 8.36. The molecule has 1 aromatic rings. The van der Waals surface area contributed by atoms with Gasteiger partial charge in [-0.05, 0) is 32.0 Å². The largest absolute Gasteiger partial charge is 0.320 e. The minimum Gasteiger partial charge on any atom is -0.320 e. The van der Waals surface area contributed by atoms with Crippen molar-refractivity contribution in [2.45, 2.75) is 24.8 Å². The average molecular weight is 270 g/mol. The van der Waals surface area contributed by atoms with Gasteiger partial charge in [0.2, 0.25) is 10.0 Å². The second kappa shape index (κ2) is 5.96. The molecule has 0 bridgehead atoms. The number of rotatable bonds is 3. The van der Waals surface area contributed by atoms with Gasteiger partial charge in [0.15, 0.2) is 0 Å². The monoisotopic (exact) mass is 270 g/mol. The molecule has 0 aliphatic rings. The van der Waals surface area contributed by atoms with Crippen LogP contribution in [0.1, 0.15) is 19.4 Å². The molecule has 1 rings (SSSR count). The van der Waals surface area contributed by atoms with E-state index in [0.29, 0.717) is 0 Å². The van der Waals surface area contributed by atoms with Crippen molar-refractivity contribution >= 4 is 10.0 Å². The van der Waals surface area contributed by atoms with Gasteiger partial charge in [-0.3, -0.25) is 0 Å². The van der Waals surface area contributed by atoms with Crippen molar-refractivity contribution in [2.75, 3.05) is 6.54 Å². The SMILES string of the molecule is CC(C)NS(=O)(=O)c1ccc(F)cc1C#CCN. The third-order valence-electron chi connectivity index (χ3n) is 1.95. The molecule has 0 aliphatic heterocycles. The van der Waals surface area contributed by atoms with Crippen LogP contribution in [0.25, 0.3) is 0 Å². The topological polar surface area (TPSA) is 72.2 Å². The summed E-state index contributed by atoms with van der Waals surface area (Å²) in [5, 5.41) is 0. The second-order valence-corrected chi connectivity index (χ2v) is 5.60. The number of nitrogens with two attached hydrogens (primary N) is 1. The van der Waals surface area contributed by atoms with Gasteiger partial charge >= 0.3 is 0 Å². The van der Waals surface area contributed by atoms with Crippen molar-refractivity contribution in [1.82, 2.24) is 4.72 Å². The van der Waals surface area contributed by atoms with E-state index in [0.717, 1.165) is 12.1 Å². The Bertz CT molecular complexity index is 586. The molecule has 0 aliphatic carbocycles. The molecule has 4 nitrogen and oxygen atoms in total. The molecule has 0 spiro atoms. The maximum atomic E-state index is 13.1. The van der Waals surface area contributed by atoms with Gasteiger partial charge in [-0.2, -0.15) is 0 Å². The molecule has 0 atom stereocenters. The summed E-state index contributed by atoms with van der Waals surface area (Å²) < 4.78 is 39.5. The van der Waals surface area contributed by atoms with Gasteiger partial charge < -0.3 is 5.73 Å². The van der Waals surface area contributed by atoms with Gasteiger partial charge in [-0.1, -0.05) is 11.8 Å². The Kier molecular flexibility index (Phi) is 4.84. The van der Waals surface area contributed by atoms with Crippen LogP contribution >= 0.6 is 0 Å². The highest BCUT2D eigenvalue weighted by molar-refractivity contribution is 7.89. The standard InChI is InChI=1S/C12H15FN2O2S/c1-9(2)15-18(16,17)12-6-5-11(13)8-10(12)4-3-7-14/h5-6,8-9,15H,7,14H2,1-2H3. The maximum absolute atomic E-state index is 13.1. The van der Waals surface area contributed by atoms with Crippen molar-refractivity contribution in [3.05, 3.63) is 29.6 Å². The summed E-state index contributed by atoms with van der Waals surface area (Å²) in [7, 11) is -3.70. The average Bonchev–Trinajstić information content (AvgIpc) is 2.24. The lowest BCUT2D eigenvalue weighted by atomic mass is 10.2. The first-order valence-corrected chi connectivity index (χ1v) is 6.86. The Balaban J connectivity index is 3.32. The molecular formula is C12H15FN2O2S. The molecule has 3 N–H and O–H groups in total. The number of hydrogen-bond acceptors (Lipinski definition) is 3. The molecule has 0 amide bonds. The lowest BCUT2D eigenvalue weighted by Gasteiger charge is -2.11. The summed E-state index contributed by atoms with van der Waals surface area (Å²) in [5.74, 6) is 4.53. The molecule has 6 heteroatoms. The van der Waals surface area contributed by atoms with E-state index in [1.165, 1.54) is 6.07 Å². The van der Waals surface area contributed by atoms with Crippen molar-refractivity contribution in [2.24, 2.45) is 5.73 Å². The van der Waals surface area contributed by atoms with Crippen molar-refractivity contribution in [3.8, 4) is 11.8 Å². The van der Waals surface area contributed by atoms with Gasteiger partial charge in [0.1, 0.15) is 5.82 Å². The summed E-state index contributed by atoms with van der Waals surface area (Å²) in [5.41, 5.74) is 5.33. The van der Waals surface area contributed by atoms with Crippen LogP contribution in [-0.2, 0) is 10.0 Å². The van der Waals surface area contributed by atoms with Gasteiger partial charge in [-0.25, -0.2) is 17.5 Å². The zero-order valence-corrected chi connectivity index (χ0v) is 11.0. The number of benzene rings is 1. The number of hydrogen-bond donors (Lipinski definition) is 2. The Morgan fingerprint density at radius 2 is 2.11 bits per heavy atom. The van der Waals surface area contributed by atoms with Crippen LogP contribution in [0.4, 0.5) is 4.39 Å². The van der Waals surface area contributed by atoms with E-state index in [1.807, 2.05) is 0 Å². The molecule has 0 fully saturated rings. The zero-order valence-electron chi connectivity index (χ0n) is 10.2. The third kappa shape index (κ3) is 3.81. The van der Waals surface area contributed by atoms with Crippen molar-refractivity contribution < 1.29 is 12.8 Å². The molecular weight excluding hydrogens is 255 g/mol. The highest BCUT2D eigenvalue weighted by Gasteiger charge is 2.19. The van der Waals surface area contributed by atoms with E-state index in [4.69, 9.17) is 5.73 Å². The summed E-state index contributed by atoms with van der Waals surface area (Å²) in [6.07, 6.45) is 0. The molecule has 0 heterocycles. The number of halogens is 1. The minimum absolute atomic E-state index is 0.0430. The molecule has 18 heavy (non-hydrogen) atoms. The van der Waals surface area contributed by atoms with Crippen molar-refractivity contribution in [3.63, 3.8) is 0 Å². The lowest BCUT2D eigenvalue weighted by molar-refractivity contribution is 0.569. The van der Waals surface area contributed by atoms with Crippen LogP contribution < -0.4 is 10.5 Å². The third-order valence-corrected chi connectivity index (χ3v) is 3.66. The minimum atomic E-state index is -3.70. The van der Waals surface area contributed by atoms with E-state index in [9.17, 15) is 12.8 Å². The highest BCUT2D eigenvalue weighted by atomic mass is 32.2. The molecule has 0 unspecified atom stereocenters. The number of nitrogens with one attached hydrogen (secondary N) is 1. The first kappa shape index (κ1) is 14.6. The molecule has 0 radical (unpaired) electrons. The molecule has 0 saturated heterocycles.